The summed E-state index contributed by atoms with van der Waals surface area (Å²) in [5.41, 5.74) is 10.9. The van der Waals surface area contributed by atoms with E-state index < -0.39 is 0 Å². The Morgan fingerprint density at radius 2 is 1.32 bits per heavy atom. The lowest BCUT2D eigenvalue weighted by Gasteiger charge is -2.32. The standard InChI is InChI=1S/C15H34IN3O3/c1-2-15(12-20-9-3-6-17,13-21-10-4-7-18)14-22-11-5-8-19-16/h19H,2-14,17-18H2,1H3. The van der Waals surface area contributed by atoms with Crippen LogP contribution in [0.25, 0.3) is 0 Å². The van der Waals surface area contributed by atoms with E-state index in [0.29, 0.717) is 46.1 Å². The molecule has 5 N–H and O–H groups in total. The second-order valence-electron chi connectivity index (χ2n) is 5.53. The fourth-order valence-corrected chi connectivity index (χ4v) is 2.29. The van der Waals surface area contributed by atoms with E-state index in [-0.39, 0.29) is 5.41 Å². The van der Waals surface area contributed by atoms with Crippen molar-refractivity contribution in [3.8, 4) is 0 Å². The molecule has 0 bridgehead atoms. The molecule has 0 aliphatic heterocycles. The van der Waals surface area contributed by atoms with E-state index >= 15 is 0 Å². The smallest absolute Gasteiger partial charge is 0.0566 e. The lowest BCUT2D eigenvalue weighted by Crippen LogP contribution is -2.37. The van der Waals surface area contributed by atoms with Crippen molar-refractivity contribution in [1.82, 2.24) is 3.53 Å². The summed E-state index contributed by atoms with van der Waals surface area (Å²) in [6.07, 6.45) is 3.74. The van der Waals surface area contributed by atoms with Crippen molar-refractivity contribution >= 4 is 22.9 Å². The van der Waals surface area contributed by atoms with E-state index in [2.05, 4.69) is 33.3 Å². The molecule has 0 radical (unpaired) electrons. The molecule has 6 nitrogen and oxygen atoms in total. The van der Waals surface area contributed by atoms with Gasteiger partial charge in [0.2, 0.25) is 0 Å². The summed E-state index contributed by atoms with van der Waals surface area (Å²) in [5, 5.41) is 0. The summed E-state index contributed by atoms with van der Waals surface area (Å²) >= 11 is 2.15. The molecule has 0 rings (SSSR count). The monoisotopic (exact) mass is 431 g/mol. The van der Waals surface area contributed by atoms with Crippen molar-refractivity contribution < 1.29 is 14.2 Å². The van der Waals surface area contributed by atoms with Crippen LogP contribution in [0.2, 0.25) is 0 Å². The number of hydrogen-bond donors (Lipinski definition) is 3. The summed E-state index contributed by atoms with van der Waals surface area (Å²) in [6.45, 7) is 8.54. The molecule has 0 aromatic rings. The van der Waals surface area contributed by atoms with E-state index in [9.17, 15) is 0 Å². The van der Waals surface area contributed by atoms with Gasteiger partial charge in [0, 0.05) is 54.6 Å². The SMILES string of the molecule is CCC(COCCCN)(COCCCN)COCCCNI. The van der Waals surface area contributed by atoms with Crippen molar-refractivity contribution in [2.24, 2.45) is 16.9 Å². The van der Waals surface area contributed by atoms with E-state index in [1.807, 2.05) is 0 Å². The molecule has 0 aromatic carbocycles. The number of nitrogens with two attached hydrogens (primary N) is 2. The average molecular weight is 431 g/mol. The Morgan fingerprint density at radius 3 is 1.68 bits per heavy atom. The Kier molecular flexibility index (Phi) is 16.7. The molecule has 0 atom stereocenters. The fraction of sp³-hybridized carbons (Fsp3) is 1.00. The van der Waals surface area contributed by atoms with Crippen LogP contribution in [0.5, 0.6) is 0 Å². The lowest BCUT2D eigenvalue weighted by molar-refractivity contribution is -0.0717. The maximum absolute atomic E-state index is 5.85. The summed E-state index contributed by atoms with van der Waals surface area (Å²) in [7, 11) is 0. The van der Waals surface area contributed by atoms with E-state index in [1.54, 1.807) is 0 Å². The molecule has 0 spiro atoms. The van der Waals surface area contributed by atoms with Gasteiger partial charge in [-0.2, -0.15) is 0 Å². The molecule has 0 saturated carbocycles. The summed E-state index contributed by atoms with van der Waals surface area (Å²) < 4.78 is 20.5. The van der Waals surface area contributed by atoms with Crippen LogP contribution < -0.4 is 15.0 Å². The largest absolute Gasteiger partial charge is 0.381 e. The van der Waals surface area contributed by atoms with Gasteiger partial charge in [0.25, 0.3) is 0 Å². The van der Waals surface area contributed by atoms with Gasteiger partial charge < -0.3 is 25.7 Å². The zero-order valence-electron chi connectivity index (χ0n) is 13.9. The van der Waals surface area contributed by atoms with Crippen LogP contribution in [0.1, 0.15) is 32.6 Å². The van der Waals surface area contributed by atoms with Crippen LogP contribution in [-0.2, 0) is 14.2 Å². The summed E-state index contributed by atoms with van der Waals surface area (Å²) in [4.78, 5) is 0. The molecule has 0 aliphatic carbocycles. The minimum Gasteiger partial charge on any atom is -0.381 e. The first-order valence-electron chi connectivity index (χ1n) is 8.21. The third kappa shape index (κ3) is 12.0. The van der Waals surface area contributed by atoms with Gasteiger partial charge >= 0.3 is 0 Å². The highest BCUT2D eigenvalue weighted by Crippen LogP contribution is 2.24. The highest BCUT2D eigenvalue weighted by molar-refractivity contribution is 14.1. The number of ether oxygens (including phenoxy) is 3. The van der Waals surface area contributed by atoms with Gasteiger partial charge in [-0.15, -0.1) is 0 Å². The number of halogens is 1. The maximum Gasteiger partial charge on any atom is 0.0566 e. The second-order valence-corrected chi connectivity index (χ2v) is 6.30. The Bertz CT molecular complexity index is 224. The van der Waals surface area contributed by atoms with Crippen molar-refractivity contribution in [2.75, 3.05) is 59.3 Å². The minimum absolute atomic E-state index is 0.0824. The number of hydrogen-bond acceptors (Lipinski definition) is 6. The molecule has 22 heavy (non-hydrogen) atoms. The van der Waals surface area contributed by atoms with Crippen LogP contribution in [0.3, 0.4) is 0 Å². The van der Waals surface area contributed by atoms with Crippen LogP contribution in [0, 0.1) is 5.41 Å². The van der Waals surface area contributed by atoms with Crippen LogP contribution in [0.15, 0.2) is 0 Å². The summed E-state index contributed by atoms with van der Waals surface area (Å²) in [6, 6.07) is 0. The molecular weight excluding hydrogens is 397 g/mol. The predicted octanol–water partition coefficient (Wildman–Crippen LogP) is 1.46. The molecule has 0 amide bonds. The normalized spacial score (nSPS) is 12.0. The highest BCUT2D eigenvalue weighted by Gasteiger charge is 2.29. The number of nitrogens with one attached hydrogen (secondary N) is 1. The van der Waals surface area contributed by atoms with Gasteiger partial charge in [0.15, 0.2) is 0 Å². The number of rotatable bonds is 17. The Hall–Kier alpha value is 0.490. The topological polar surface area (TPSA) is 91.8 Å². The first kappa shape index (κ1) is 22.5. The zero-order valence-corrected chi connectivity index (χ0v) is 16.1. The average Bonchev–Trinajstić information content (AvgIpc) is 2.54. The third-order valence-corrected chi connectivity index (χ3v) is 4.06. The van der Waals surface area contributed by atoms with Gasteiger partial charge in [0.1, 0.15) is 0 Å². The Morgan fingerprint density at radius 1 is 0.864 bits per heavy atom. The van der Waals surface area contributed by atoms with Crippen molar-refractivity contribution in [3.05, 3.63) is 0 Å². The Balaban J connectivity index is 4.21. The molecule has 7 heteroatoms. The third-order valence-electron chi connectivity index (χ3n) is 3.52. The van der Waals surface area contributed by atoms with Gasteiger partial charge in [0.05, 0.1) is 19.8 Å². The minimum atomic E-state index is -0.0824. The van der Waals surface area contributed by atoms with E-state index in [1.165, 1.54) is 0 Å². The summed E-state index contributed by atoms with van der Waals surface area (Å²) in [5.74, 6) is 0. The lowest BCUT2D eigenvalue weighted by atomic mass is 9.88. The molecule has 134 valence electrons. The van der Waals surface area contributed by atoms with Gasteiger partial charge in [-0.25, -0.2) is 0 Å². The first-order chi connectivity index (χ1) is 10.7. The maximum atomic E-state index is 5.85. The van der Waals surface area contributed by atoms with Gasteiger partial charge in [-0.05, 0) is 38.8 Å². The molecule has 0 aromatic heterocycles. The van der Waals surface area contributed by atoms with Crippen LogP contribution >= 0.6 is 22.9 Å². The molecule has 0 unspecified atom stereocenters. The molecule has 0 fully saturated rings. The fourth-order valence-electron chi connectivity index (χ4n) is 1.91. The molecular formula is C15H34IN3O3. The van der Waals surface area contributed by atoms with Crippen molar-refractivity contribution in [3.63, 3.8) is 0 Å². The second kappa shape index (κ2) is 16.4. The van der Waals surface area contributed by atoms with Crippen LogP contribution in [-0.4, -0.2) is 59.3 Å². The van der Waals surface area contributed by atoms with Gasteiger partial charge in [-0.1, -0.05) is 6.92 Å². The zero-order chi connectivity index (χ0) is 16.5. The van der Waals surface area contributed by atoms with E-state index in [0.717, 1.165) is 38.8 Å². The van der Waals surface area contributed by atoms with Crippen LogP contribution in [0.4, 0.5) is 0 Å². The quantitative estimate of drug-likeness (QED) is 0.184. The molecule has 0 heterocycles. The molecule has 0 aliphatic rings. The molecule has 0 saturated heterocycles. The van der Waals surface area contributed by atoms with Crippen molar-refractivity contribution in [1.29, 1.82) is 0 Å². The van der Waals surface area contributed by atoms with Gasteiger partial charge in [-0.3, -0.25) is 3.53 Å². The predicted molar refractivity (Wildman–Crippen MR) is 99.2 cm³/mol. The van der Waals surface area contributed by atoms with Crippen molar-refractivity contribution in [2.45, 2.75) is 32.6 Å². The Labute approximate surface area is 149 Å². The highest BCUT2D eigenvalue weighted by atomic mass is 127. The first-order valence-corrected chi connectivity index (χ1v) is 9.29. The van der Waals surface area contributed by atoms with E-state index in [4.69, 9.17) is 25.7 Å².